The SMILES string of the molecule is c1ccc(-c2ccc3c(-c4cccc5ccccc45)c4cc(-c5ccccc5)ccc4c(-c4ccc(-c5cccc6c5oc5ccccc56)cc4)c3c2)cc1. The van der Waals surface area contributed by atoms with Gasteiger partial charge in [0, 0.05) is 16.3 Å². The second-order valence-corrected chi connectivity index (χ2v) is 14.4. The Morgan fingerprint density at radius 1 is 0.255 bits per heavy atom. The van der Waals surface area contributed by atoms with Crippen LogP contribution < -0.4 is 0 Å². The minimum Gasteiger partial charge on any atom is -0.455 e. The molecule has 1 heteroatoms. The summed E-state index contributed by atoms with van der Waals surface area (Å²) < 4.78 is 6.46. The second kappa shape index (κ2) is 12.7. The van der Waals surface area contributed by atoms with Gasteiger partial charge in [0.25, 0.3) is 0 Å². The number of hydrogen-bond acceptors (Lipinski definition) is 1. The normalized spacial score (nSPS) is 11.6. The number of rotatable bonds is 5. The molecule has 1 aromatic heterocycles. The Morgan fingerprint density at radius 2 is 0.764 bits per heavy atom. The average molecular weight is 699 g/mol. The van der Waals surface area contributed by atoms with Crippen LogP contribution in [0.15, 0.2) is 211 Å². The van der Waals surface area contributed by atoms with Gasteiger partial charge >= 0.3 is 0 Å². The summed E-state index contributed by atoms with van der Waals surface area (Å²) >= 11 is 0. The van der Waals surface area contributed by atoms with Crippen LogP contribution in [0.1, 0.15) is 0 Å². The number of fused-ring (bicyclic) bond motifs is 6. The Hall–Kier alpha value is -7.22. The molecular weight excluding hydrogens is 665 g/mol. The lowest BCUT2D eigenvalue weighted by Crippen LogP contribution is -1.93. The quantitative estimate of drug-likeness (QED) is 0.163. The number of benzene rings is 10. The minimum atomic E-state index is 0.912. The number of furan rings is 1. The van der Waals surface area contributed by atoms with Crippen LogP contribution >= 0.6 is 0 Å². The summed E-state index contributed by atoms with van der Waals surface area (Å²) in [6.07, 6.45) is 0. The molecule has 1 nitrogen and oxygen atoms in total. The molecule has 55 heavy (non-hydrogen) atoms. The van der Waals surface area contributed by atoms with Gasteiger partial charge in [-0.1, -0.05) is 188 Å². The first-order chi connectivity index (χ1) is 27.3. The van der Waals surface area contributed by atoms with E-state index in [0.717, 1.165) is 33.1 Å². The van der Waals surface area contributed by atoms with Gasteiger partial charge in [0.15, 0.2) is 0 Å². The summed E-state index contributed by atoms with van der Waals surface area (Å²) in [4.78, 5) is 0. The summed E-state index contributed by atoms with van der Waals surface area (Å²) in [6.45, 7) is 0. The first-order valence-corrected chi connectivity index (χ1v) is 18.9. The Balaban J connectivity index is 1.21. The highest BCUT2D eigenvalue weighted by atomic mass is 16.3. The van der Waals surface area contributed by atoms with E-state index in [1.807, 2.05) is 12.1 Å². The fourth-order valence-corrected chi connectivity index (χ4v) is 8.68. The van der Waals surface area contributed by atoms with Crippen molar-refractivity contribution in [1.82, 2.24) is 0 Å². The van der Waals surface area contributed by atoms with E-state index in [-0.39, 0.29) is 0 Å². The molecule has 0 fully saturated rings. The standard InChI is InChI=1S/C54H34O/c1-3-13-35(14-4-1)40-30-32-47-49(33-40)52(39-27-25-38(26-28-39)43-21-12-23-48-44-20-9-10-24-51(44)55-54(43)48)46-31-29-41(36-15-5-2-6-16-36)34-50(46)53(47)45-22-11-18-37-17-7-8-19-42(37)45/h1-34H. The van der Waals surface area contributed by atoms with Crippen molar-refractivity contribution < 1.29 is 4.42 Å². The highest BCUT2D eigenvalue weighted by Crippen LogP contribution is 2.48. The van der Waals surface area contributed by atoms with Gasteiger partial charge in [0.2, 0.25) is 0 Å². The van der Waals surface area contributed by atoms with E-state index in [2.05, 4.69) is 194 Å². The molecule has 0 saturated heterocycles. The zero-order valence-corrected chi connectivity index (χ0v) is 30.0. The molecule has 0 radical (unpaired) electrons. The highest BCUT2D eigenvalue weighted by molar-refractivity contribution is 6.24. The first-order valence-electron chi connectivity index (χ1n) is 18.9. The summed E-state index contributed by atoms with van der Waals surface area (Å²) in [7, 11) is 0. The van der Waals surface area contributed by atoms with Gasteiger partial charge in [-0.05, 0) is 101 Å². The third kappa shape index (κ3) is 5.16. The molecule has 0 aliphatic heterocycles. The van der Waals surface area contributed by atoms with Crippen LogP contribution in [0.2, 0.25) is 0 Å². The maximum absolute atomic E-state index is 6.46. The van der Waals surface area contributed by atoms with E-state index in [1.54, 1.807) is 0 Å². The summed E-state index contributed by atoms with van der Waals surface area (Å²) in [5.41, 5.74) is 13.8. The molecule has 0 atom stereocenters. The third-order valence-electron chi connectivity index (χ3n) is 11.3. The molecule has 0 N–H and O–H groups in total. The van der Waals surface area contributed by atoms with Gasteiger partial charge in [-0.25, -0.2) is 0 Å². The fraction of sp³-hybridized carbons (Fsp3) is 0. The van der Waals surface area contributed by atoms with Crippen molar-refractivity contribution in [1.29, 1.82) is 0 Å². The molecule has 11 rings (SSSR count). The molecule has 0 amide bonds. The van der Waals surface area contributed by atoms with E-state index >= 15 is 0 Å². The van der Waals surface area contributed by atoms with Crippen LogP contribution in [-0.2, 0) is 0 Å². The van der Waals surface area contributed by atoms with E-state index < -0.39 is 0 Å². The highest BCUT2D eigenvalue weighted by Gasteiger charge is 2.20. The van der Waals surface area contributed by atoms with Crippen LogP contribution in [0, 0.1) is 0 Å². The topological polar surface area (TPSA) is 13.1 Å². The second-order valence-electron chi connectivity index (χ2n) is 14.4. The Labute approximate surface area is 319 Å². The molecule has 0 aliphatic carbocycles. The Morgan fingerprint density at radius 3 is 1.49 bits per heavy atom. The molecule has 10 aromatic carbocycles. The summed E-state index contributed by atoms with van der Waals surface area (Å²) in [5.74, 6) is 0. The van der Waals surface area contributed by atoms with E-state index in [4.69, 9.17) is 4.42 Å². The van der Waals surface area contributed by atoms with Crippen LogP contribution in [0.3, 0.4) is 0 Å². The van der Waals surface area contributed by atoms with Gasteiger partial charge in [0.05, 0.1) is 0 Å². The number of para-hydroxylation sites is 2. The fourth-order valence-electron chi connectivity index (χ4n) is 8.68. The minimum absolute atomic E-state index is 0.912. The maximum atomic E-state index is 6.46. The zero-order valence-electron chi connectivity index (χ0n) is 30.0. The van der Waals surface area contributed by atoms with E-state index in [1.165, 1.54) is 76.8 Å². The lowest BCUT2D eigenvalue weighted by molar-refractivity contribution is 0.670. The monoisotopic (exact) mass is 698 g/mol. The van der Waals surface area contributed by atoms with Crippen LogP contribution in [0.5, 0.6) is 0 Å². The first kappa shape index (κ1) is 31.3. The van der Waals surface area contributed by atoms with Crippen LogP contribution in [0.4, 0.5) is 0 Å². The third-order valence-corrected chi connectivity index (χ3v) is 11.3. The molecule has 1 heterocycles. The lowest BCUT2D eigenvalue weighted by atomic mass is 9.82. The predicted molar refractivity (Wildman–Crippen MR) is 233 cm³/mol. The Bertz CT molecular complexity index is 3220. The van der Waals surface area contributed by atoms with Crippen LogP contribution in [-0.4, -0.2) is 0 Å². The smallest absolute Gasteiger partial charge is 0.143 e. The van der Waals surface area contributed by atoms with Gasteiger partial charge in [-0.3, -0.25) is 0 Å². The Kier molecular flexibility index (Phi) is 7.25. The molecule has 0 spiro atoms. The van der Waals surface area contributed by atoms with E-state index in [9.17, 15) is 0 Å². The molecule has 0 bridgehead atoms. The van der Waals surface area contributed by atoms with Gasteiger partial charge in [-0.2, -0.15) is 0 Å². The van der Waals surface area contributed by atoms with Gasteiger partial charge < -0.3 is 4.42 Å². The maximum Gasteiger partial charge on any atom is 0.143 e. The molecule has 0 saturated carbocycles. The largest absolute Gasteiger partial charge is 0.455 e. The molecule has 0 unspecified atom stereocenters. The summed E-state index contributed by atoms with van der Waals surface area (Å²) in [6, 6.07) is 74.9. The van der Waals surface area contributed by atoms with Crippen molar-refractivity contribution in [2.45, 2.75) is 0 Å². The van der Waals surface area contributed by atoms with Crippen molar-refractivity contribution in [2.75, 3.05) is 0 Å². The van der Waals surface area contributed by atoms with Crippen LogP contribution in [0.25, 0.3) is 110 Å². The predicted octanol–water partition coefficient (Wildman–Crippen LogP) is 15.4. The van der Waals surface area contributed by atoms with E-state index in [0.29, 0.717) is 0 Å². The number of hydrogen-bond donors (Lipinski definition) is 0. The lowest BCUT2D eigenvalue weighted by Gasteiger charge is -2.20. The van der Waals surface area contributed by atoms with Crippen molar-refractivity contribution in [3.8, 4) is 55.6 Å². The zero-order chi connectivity index (χ0) is 36.3. The van der Waals surface area contributed by atoms with Crippen molar-refractivity contribution in [2.24, 2.45) is 0 Å². The summed E-state index contributed by atoms with van der Waals surface area (Å²) in [5, 5.41) is 9.71. The molecule has 0 aliphatic rings. The average Bonchev–Trinajstić information content (AvgIpc) is 3.65. The van der Waals surface area contributed by atoms with Gasteiger partial charge in [0.1, 0.15) is 11.2 Å². The molecular formula is C54H34O. The molecule has 256 valence electrons. The van der Waals surface area contributed by atoms with Crippen molar-refractivity contribution in [3.63, 3.8) is 0 Å². The van der Waals surface area contributed by atoms with Crippen molar-refractivity contribution in [3.05, 3.63) is 206 Å². The van der Waals surface area contributed by atoms with Crippen molar-refractivity contribution >= 4 is 54.3 Å². The molecule has 11 aromatic rings. The van der Waals surface area contributed by atoms with Gasteiger partial charge in [-0.15, -0.1) is 0 Å².